The molecule has 0 N–H and O–H groups in total. The first kappa shape index (κ1) is 22.0. The Morgan fingerprint density at radius 3 is 2.33 bits per heavy atom. The number of ether oxygens (including phenoxy) is 2. The standard InChI is InChI=1S/C28H24N2O3/c1-32-25-13-6-5-11-24(25)26(23-12-7-9-21-8-3-4-10-22(21)23)28(19-29,27(31)33-2)18-20-14-16-30-17-15-20/h3-17,26H,18H2,1-2H3/t26-,28-/m1/s1. The number of benzene rings is 3. The van der Waals surface area contributed by atoms with E-state index in [0.717, 1.165) is 27.5 Å². The van der Waals surface area contributed by atoms with Crippen LogP contribution < -0.4 is 4.74 Å². The molecule has 0 fully saturated rings. The third-order valence-electron chi connectivity index (χ3n) is 6.06. The van der Waals surface area contributed by atoms with Crippen LogP contribution in [0.2, 0.25) is 0 Å². The van der Waals surface area contributed by atoms with Crippen LogP contribution in [0, 0.1) is 16.7 Å². The Hall–Kier alpha value is -4.17. The Kier molecular flexibility index (Phi) is 6.37. The second-order valence-electron chi connectivity index (χ2n) is 7.85. The molecule has 0 saturated heterocycles. The minimum Gasteiger partial charge on any atom is -0.496 e. The van der Waals surface area contributed by atoms with Crippen molar-refractivity contribution in [2.45, 2.75) is 12.3 Å². The van der Waals surface area contributed by atoms with Crippen LogP contribution in [0.4, 0.5) is 0 Å². The summed E-state index contributed by atoms with van der Waals surface area (Å²) in [4.78, 5) is 17.6. The fraction of sp³-hybridized carbons (Fsp3) is 0.179. The van der Waals surface area contributed by atoms with Gasteiger partial charge in [0.1, 0.15) is 5.75 Å². The molecule has 0 aliphatic rings. The number of carbonyl (C=O) groups excluding carboxylic acids is 1. The number of carbonyl (C=O) groups is 1. The Morgan fingerprint density at radius 2 is 1.61 bits per heavy atom. The van der Waals surface area contributed by atoms with Crippen LogP contribution in [0.3, 0.4) is 0 Å². The molecule has 0 saturated carbocycles. The van der Waals surface area contributed by atoms with Crippen LogP contribution in [0.1, 0.15) is 22.6 Å². The average Bonchev–Trinajstić information content (AvgIpc) is 2.88. The maximum absolute atomic E-state index is 13.5. The predicted molar refractivity (Wildman–Crippen MR) is 127 cm³/mol. The van der Waals surface area contributed by atoms with E-state index < -0.39 is 17.3 Å². The van der Waals surface area contributed by atoms with Gasteiger partial charge in [0.05, 0.1) is 20.3 Å². The molecule has 1 heterocycles. The van der Waals surface area contributed by atoms with E-state index in [0.29, 0.717) is 5.75 Å². The molecule has 5 nitrogen and oxygen atoms in total. The van der Waals surface area contributed by atoms with Gasteiger partial charge in [-0.3, -0.25) is 9.78 Å². The predicted octanol–water partition coefficient (Wildman–Crippen LogP) is 5.30. The van der Waals surface area contributed by atoms with Gasteiger partial charge in [-0.25, -0.2) is 0 Å². The number of nitriles is 1. The molecular formula is C28H24N2O3. The molecule has 33 heavy (non-hydrogen) atoms. The van der Waals surface area contributed by atoms with E-state index in [9.17, 15) is 10.1 Å². The smallest absolute Gasteiger partial charge is 0.327 e. The summed E-state index contributed by atoms with van der Waals surface area (Å²) in [6, 6.07) is 27.4. The Labute approximate surface area is 193 Å². The highest BCUT2D eigenvalue weighted by Crippen LogP contribution is 2.48. The monoisotopic (exact) mass is 436 g/mol. The Morgan fingerprint density at radius 1 is 0.939 bits per heavy atom. The van der Waals surface area contributed by atoms with Gasteiger partial charge in [-0.2, -0.15) is 5.26 Å². The molecule has 1 aromatic heterocycles. The van der Waals surface area contributed by atoms with Crippen molar-refractivity contribution in [3.63, 3.8) is 0 Å². The van der Waals surface area contributed by atoms with Gasteiger partial charge in [0.25, 0.3) is 0 Å². The van der Waals surface area contributed by atoms with Crippen LogP contribution >= 0.6 is 0 Å². The summed E-state index contributed by atoms with van der Waals surface area (Å²) < 4.78 is 11.0. The van der Waals surface area contributed by atoms with Crippen LogP contribution in [0.5, 0.6) is 5.75 Å². The van der Waals surface area contributed by atoms with E-state index in [-0.39, 0.29) is 6.42 Å². The number of rotatable bonds is 7. The van der Waals surface area contributed by atoms with Crippen molar-refractivity contribution >= 4 is 16.7 Å². The third kappa shape index (κ3) is 4.04. The van der Waals surface area contributed by atoms with Gasteiger partial charge < -0.3 is 9.47 Å². The van der Waals surface area contributed by atoms with E-state index in [2.05, 4.69) is 11.1 Å². The van der Waals surface area contributed by atoms with Gasteiger partial charge in [-0.05, 0) is 40.1 Å². The second-order valence-corrected chi connectivity index (χ2v) is 7.85. The quantitative estimate of drug-likeness (QED) is 0.368. The van der Waals surface area contributed by atoms with Crippen LogP contribution in [0.15, 0.2) is 91.3 Å². The zero-order valence-electron chi connectivity index (χ0n) is 18.6. The molecule has 3 aromatic carbocycles. The van der Waals surface area contributed by atoms with Crippen molar-refractivity contribution in [3.05, 3.63) is 108 Å². The molecule has 4 rings (SSSR count). The van der Waals surface area contributed by atoms with Gasteiger partial charge >= 0.3 is 5.97 Å². The lowest BCUT2D eigenvalue weighted by atomic mass is 9.65. The van der Waals surface area contributed by atoms with E-state index in [4.69, 9.17) is 9.47 Å². The van der Waals surface area contributed by atoms with E-state index >= 15 is 0 Å². The molecule has 0 aliphatic carbocycles. The molecule has 0 unspecified atom stereocenters. The first-order valence-electron chi connectivity index (χ1n) is 10.6. The minimum atomic E-state index is -1.55. The van der Waals surface area contributed by atoms with Crippen molar-refractivity contribution in [1.82, 2.24) is 4.98 Å². The molecule has 164 valence electrons. The average molecular weight is 437 g/mol. The van der Waals surface area contributed by atoms with Crippen molar-refractivity contribution in [1.29, 1.82) is 5.26 Å². The zero-order valence-corrected chi connectivity index (χ0v) is 18.6. The summed E-state index contributed by atoms with van der Waals surface area (Å²) in [5.41, 5.74) is 0.877. The highest BCUT2D eigenvalue weighted by atomic mass is 16.5. The van der Waals surface area contributed by atoms with Crippen LogP contribution in [-0.4, -0.2) is 25.2 Å². The topological polar surface area (TPSA) is 72.2 Å². The number of methoxy groups -OCH3 is 2. The number of fused-ring (bicyclic) bond motifs is 1. The van der Waals surface area contributed by atoms with Gasteiger partial charge in [0, 0.05) is 30.3 Å². The maximum Gasteiger partial charge on any atom is 0.327 e. The maximum atomic E-state index is 13.5. The molecule has 2 atom stereocenters. The minimum absolute atomic E-state index is 0.157. The SMILES string of the molecule is COC(=O)[C@@](C#N)(Cc1ccncc1)[C@@H](c1ccccc1OC)c1cccc2ccccc12. The van der Waals surface area contributed by atoms with Crippen molar-refractivity contribution in [2.24, 2.45) is 5.41 Å². The fourth-order valence-electron chi connectivity index (χ4n) is 4.55. The van der Waals surface area contributed by atoms with Crippen LogP contribution in [0.25, 0.3) is 10.8 Å². The summed E-state index contributed by atoms with van der Waals surface area (Å²) >= 11 is 0. The summed E-state index contributed by atoms with van der Waals surface area (Å²) in [5.74, 6) is -0.635. The van der Waals surface area contributed by atoms with Crippen LogP contribution in [-0.2, 0) is 16.0 Å². The zero-order chi connectivity index (χ0) is 23.3. The number of esters is 1. The molecule has 0 aliphatic heterocycles. The number of hydrogen-bond donors (Lipinski definition) is 0. The number of para-hydroxylation sites is 1. The lowest BCUT2D eigenvalue weighted by Gasteiger charge is -2.35. The molecule has 0 amide bonds. The van der Waals surface area contributed by atoms with Gasteiger partial charge in [0.15, 0.2) is 5.41 Å². The van der Waals surface area contributed by atoms with Crippen molar-refractivity contribution < 1.29 is 14.3 Å². The molecule has 5 heteroatoms. The fourth-order valence-corrected chi connectivity index (χ4v) is 4.55. The highest BCUT2D eigenvalue weighted by Gasteiger charge is 2.50. The second kappa shape index (κ2) is 9.54. The van der Waals surface area contributed by atoms with Gasteiger partial charge in [-0.1, -0.05) is 60.7 Å². The normalized spacial score (nSPS) is 13.5. The summed E-state index contributed by atoms with van der Waals surface area (Å²) in [6.45, 7) is 0. The third-order valence-corrected chi connectivity index (χ3v) is 6.06. The van der Waals surface area contributed by atoms with Crippen molar-refractivity contribution in [2.75, 3.05) is 14.2 Å². The van der Waals surface area contributed by atoms with E-state index in [1.807, 2.05) is 78.9 Å². The van der Waals surface area contributed by atoms with Gasteiger partial charge in [-0.15, -0.1) is 0 Å². The molecule has 4 aromatic rings. The summed E-state index contributed by atoms with van der Waals surface area (Å²) in [7, 11) is 2.91. The first-order valence-corrected chi connectivity index (χ1v) is 10.6. The first-order chi connectivity index (χ1) is 16.1. The van der Waals surface area contributed by atoms with Crippen molar-refractivity contribution in [3.8, 4) is 11.8 Å². The van der Waals surface area contributed by atoms with E-state index in [1.54, 1.807) is 19.5 Å². The molecule has 0 spiro atoms. The molecule has 0 bridgehead atoms. The summed E-state index contributed by atoms with van der Waals surface area (Å²) in [5, 5.41) is 12.7. The van der Waals surface area contributed by atoms with Gasteiger partial charge in [0.2, 0.25) is 0 Å². The Bertz CT molecular complexity index is 1310. The number of nitrogens with zero attached hydrogens (tertiary/aromatic N) is 2. The van der Waals surface area contributed by atoms with E-state index in [1.165, 1.54) is 7.11 Å². The largest absolute Gasteiger partial charge is 0.496 e. The number of pyridine rings is 1. The lowest BCUT2D eigenvalue weighted by Crippen LogP contribution is -2.40. The number of aromatic nitrogens is 1. The summed E-state index contributed by atoms with van der Waals surface area (Å²) in [6.07, 6.45) is 3.47. The highest BCUT2D eigenvalue weighted by molar-refractivity contribution is 5.90. The molecular weight excluding hydrogens is 412 g/mol. The number of hydrogen-bond acceptors (Lipinski definition) is 5. The lowest BCUT2D eigenvalue weighted by molar-refractivity contribution is -0.150. The molecule has 0 radical (unpaired) electrons. The Balaban J connectivity index is 2.07.